The summed E-state index contributed by atoms with van der Waals surface area (Å²) in [6.45, 7) is 1.88. The van der Waals surface area contributed by atoms with Gasteiger partial charge in [-0.3, -0.25) is 0 Å². The summed E-state index contributed by atoms with van der Waals surface area (Å²) in [4.78, 5) is 12.4. The van der Waals surface area contributed by atoms with Crippen molar-refractivity contribution in [2.75, 3.05) is 0 Å². The number of carbonyl (C=O) groups is 1. The van der Waals surface area contributed by atoms with Gasteiger partial charge >= 0.3 is 142 Å². The molecule has 2 bridgehead atoms. The molecule has 2 saturated carbocycles. The van der Waals surface area contributed by atoms with Crippen LogP contribution in [-0.2, 0) is 23.8 Å². The standard InChI is InChI=1S/C11H14I2NO5S/c1-11(12,9-13-14-9)10(15)18-7-4-2-5-6(3-4)20(16,17)19-8(5)7/h4-9,14H,2-3H2,1H3/q-1. The third-order valence-electron chi connectivity index (χ3n) is 4.75. The van der Waals surface area contributed by atoms with E-state index in [9.17, 15) is 13.2 Å². The summed E-state index contributed by atoms with van der Waals surface area (Å²) in [7, 11) is -3.44. The first-order chi connectivity index (χ1) is 9.30. The predicted octanol–water partition coefficient (Wildman–Crippen LogP) is -2.84. The molecular weight excluding hydrogens is 512 g/mol. The van der Waals surface area contributed by atoms with Crippen molar-refractivity contribution in [1.82, 2.24) is 3.53 Å². The monoisotopic (exact) mass is 526 g/mol. The SMILES string of the molecule is CC(I)(C(=O)OC1C2CC3C1OS(=O)(=O)C3C2)C1N[I-]1. The van der Waals surface area contributed by atoms with Crippen molar-refractivity contribution in [3.63, 3.8) is 0 Å². The van der Waals surface area contributed by atoms with Crippen molar-refractivity contribution in [2.45, 2.75) is 44.7 Å². The van der Waals surface area contributed by atoms with Crippen molar-refractivity contribution in [1.29, 1.82) is 0 Å². The molecule has 6 nitrogen and oxygen atoms in total. The molecule has 4 aliphatic rings. The number of hydrogen-bond donors (Lipinski definition) is 1. The van der Waals surface area contributed by atoms with E-state index in [1.54, 1.807) is 0 Å². The van der Waals surface area contributed by atoms with E-state index in [1.807, 2.05) is 6.92 Å². The maximum absolute atomic E-state index is 12.4. The number of rotatable bonds is 3. The molecule has 2 aliphatic carbocycles. The van der Waals surface area contributed by atoms with Crippen LogP contribution in [0, 0.1) is 11.8 Å². The number of esters is 1. The normalized spacial score (nSPS) is 50.3. The summed E-state index contributed by atoms with van der Waals surface area (Å²) in [5.74, 6) is -0.0742. The molecule has 4 rings (SSSR count). The molecule has 0 aromatic carbocycles. The Morgan fingerprint density at radius 3 is 2.85 bits per heavy atom. The number of alkyl halides is 2. The molecule has 1 N–H and O–H groups in total. The van der Waals surface area contributed by atoms with Gasteiger partial charge in [-0.2, -0.15) is 0 Å². The first kappa shape index (κ1) is 14.4. The molecule has 0 aromatic rings. The first-order valence-corrected chi connectivity index (χ1v) is 11.4. The number of carbonyl (C=O) groups excluding carboxylic acids is 1. The van der Waals surface area contributed by atoms with Crippen LogP contribution < -0.4 is 25.0 Å². The van der Waals surface area contributed by atoms with Crippen molar-refractivity contribution >= 4 is 38.7 Å². The van der Waals surface area contributed by atoms with Gasteiger partial charge in [-0.15, -0.1) is 0 Å². The molecule has 0 aromatic heterocycles. The Morgan fingerprint density at radius 1 is 1.50 bits per heavy atom. The Morgan fingerprint density at radius 2 is 2.20 bits per heavy atom. The van der Waals surface area contributed by atoms with Crippen LogP contribution in [-0.4, -0.2) is 39.3 Å². The average Bonchev–Trinajstić information content (AvgIpc) is 3.02. The van der Waals surface area contributed by atoms with E-state index in [0.29, 0.717) is 6.42 Å². The van der Waals surface area contributed by atoms with Crippen LogP contribution in [0.2, 0.25) is 0 Å². The zero-order valence-electron chi connectivity index (χ0n) is 10.6. The fourth-order valence-electron chi connectivity index (χ4n) is 3.62. The van der Waals surface area contributed by atoms with Gasteiger partial charge in [-0.25, -0.2) is 0 Å². The topological polar surface area (TPSA) is 91.6 Å². The Bertz CT molecular complexity index is 575. The third-order valence-corrected chi connectivity index (χ3v) is 11.3. The fraction of sp³-hybridized carbons (Fsp3) is 0.909. The minimum atomic E-state index is -3.44. The number of fused-ring (bicyclic) bond motifs is 1. The molecule has 0 spiro atoms. The fourth-order valence-corrected chi connectivity index (χ4v) is 8.81. The summed E-state index contributed by atoms with van der Waals surface area (Å²) < 4.78 is 37.5. The Labute approximate surface area is 141 Å². The maximum atomic E-state index is 12.4. The Hall–Kier alpha value is 0.800. The molecule has 4 fully saturated rings. The second-order valence-corrected chi connectivity index (χ2v) is 12.5. The van der Waals surface area contributed by atoms with Gasteiger partial charge < -0.3 is 0 Å². The van der Waals surface area contributed by atoms with Crippen molar-refractivity contribution in [2.24, 2.45) is 11.8 Å². The molecule has 114 valence electrons. The van der Waals surface area contributed by atoms with Crippen molar-refractivity contribution < 1.29 is 43.6 Å². The molecule has 2 saturated heterocycles. The van der Waals surface area contributed by atoms with Gasteiger partial charge in [-0.1, -0.05) is 0 Å². The van der Waals surface area contributed by atoms with Gasteiger partial charge in [-0.05, 0) is 0 Å². The number of ether oxygens (including phenoxy) is 1. The van der Waals surface area contributed by atoms with Crippen LogP contribution in [0.5, 0.6) is 0 Å². The summed E-state index contributed by atoms with van der Waals surface area (Å²) in [5, 5.41) is -0.366. The zero-order valence-corrected chi connectivity index (χ0v) is 15.7. The van der Waals surface area contributed by atoms with E-state index in [-0.39, 0.29) is 54.7 Å². The quantitative estimate of drug-likeness (QED) is 0.0812. The van der Waals surface area contributed by atoms with Gasteiger partial charge in [0.05, 0.1) is 0 Å². The van der Waals surface area contributed by atoms with Crippen LogP contribution in [0.4, 0.5) is 0 Å². The van der Waals surface area contributed by atoms with Crippen LogP contribution >= 0.6 is 22.6 Å². The van der Waals surface area contributed by atoms with Gasteiger partial charge in [0.15, 0.2) is 0 Å². The average molecular weight is 526 g/mol. The van der Waals surface area contributed by atoms with Crippen LogP contribution in [0.15, 0.2) is 0 Å². The van der Waals surface area contributed by atoms with Crippen molar-refractivity contribution in [3.05, 3.63) is 0 Å². The predicted molar refractivity (Wildman–Crippen MR) is 73.0 cm³/mol. The third kappa shape index (κ3) is 1.98. The van der Waals surface area contributed by atoms with Crippen LogP contribution in [0.25, 0.3) is 0 Å². The number of hydrogen-bond acceptors (Lipinski definition) is 6. The molecule has 2 heterocycles. The Kier molecular flexibility index (Phi) is 3.18. The van der Waals surface area contributed by atoms with Gasteiger partial charge in [0.25, 0.3) is 0 Å². The number of halogens is 2. The van der Waals surface area contributed by atoms with Crippen LogP contribution in [0.1, 0.15) is 19.8 Å². The summed E-state index contributed by atoms with van der Waals surface area (Å²) in [6, 6.07) is 0. The molecule has 0 radical (unpaired) electrons. The van der Waals surface area contributed by atoms with E-state index in [2.05, 4.69) is 26.1 Å². The molecular formula is C11H14I2NO5S-. The summed E-state index contributed by atoms with van der Waals surface area (Å²) >= 11 is 2.06. The molecule has 7 atom stereocenters. The van der Waals surface area contributed by atoms with Crippen molar-refractivity contribution in [3.8, 4) is 0 Å². The second kappa shape index (κ2) is 4.42. The molecule has 0 amide bonds. The van der Waals surface area contributed by atoms with E-state index in [0.717, 1.165) is 6.42 Å². The Balaban J connectivity index is 1.53. The van der Waals surface area contributed by atoms with E-state index >= 15 is 0 Å². The zero-order chi connectivity index (χ0) is 14.3. The van der Waals surface area contributed by atoms with Gasteiger partial charge in [0.1, 0.15) is 0 Å². The van der Waals surface area contributed by atoms with Gasteiger partial charge in [0.2, 0.25) is 0 Å². The summed E-state index contributed by atoms with van der Waals surface area (Å²) in [6.07, 6.45) is 0.557. The van der Waals surface area contributed by atoms with E-state index in [4.69, 9.17) is 8.92 Å². The van der Waals surface area contributed by atoms with Crippen LogP contribution in [0.3, 0.4) is 0 Å². The molecule has 2 aliphatic heterocycles. The second-order valence-electron chi connectivity index (χ2n) is 6.01. The first-order valence-electron chi connectivity index (χ1n) is 6.51. The number of nitrogens with one attached hydrogen (secondary N) is 1. The minimum absolute atomic E-state index is 0.0229. The molecule has 9 heteroatoms. The summed E-state index contributed by atoms with van der Waals surface area (Å²) in [5.41, 5.74) is 0. The molecule has 20 heavy (non-hydrogen) atoms. The van der Waals surface area contributed by atoms with E-state index in [1.165, 1.54) is 0 Å². The van der Waals surface area contributed by atoms with E-state index < -0.39 is 19.6 Å². The van der Waals surface area contributed by atoms with Gasteiger partial charge in [0, 0.05) is 0 Å². The molecule has 7 unspecified atom stereocenters.